The van der Waals surface area contributed by atoms with Crippen LogP contribution in [0.2, 0.25) is 5.02 Å². The number of carbonyl (C=O) groups is 1. The molecule has 3 nitrogen and oxygen atoms in total. The van der Waals surface area contributed by atoms with Crippen LogP contribution in [0, 0.1) is 5.92 Å². The van der Waals surface area contributed by atoms with Gasteiger partial charge in [0.1, 0.15) is 0 Å². The number of benzene rings is 1. The molecule has 0 heterocycles. The monoisotopic (exact) mass is 293 g/mol. The number of hydrogen-bond donors (Lipinski definition) is 1. The molecule has 0 amide bonds. The number of rotatable bonds is 6. The molecule has 1 saturated carbocycles. The van der Waals surface area contributed by atoms with Gasteiger partial charge >= 0.3 is 5.97 Å². The van der Waals surface area contributed by atoms with E-state index < -0.39 is 5.97 Å². The summed E-state index contributed by atoms with van der Waals surface area (Å²) in [6, 6.07) is 6.18. The average molecular weight is 294 g/mol. The van der Waals surface area contributed by atoms with Crippen molar-refractivity contribution in [1.82, 2.24) is 0 Å². The number of aliphatic carboxylic acids is 1. The maximum absolute atomic E-state index is 10.7. The highest BCUT2D eigenvalue weighted by atomic mass is 35.5. The molecule has 0 bridgehead atoms. The van der Waals surface area contributed by atoms with Crippen molar-refractivity contribution >= 4 is 29.3 Å². The van der Waals surface area contributed by atoms with E-state index in [2.05, 4.69) is 18.7 Å². The lowest BCUT2D eigenvalue weighted by atomic mass is 10.1. The van der Waals surface area contributed by atoms with Crippen LogP contribution in [0.4, 0.5) is 5.69 Å². The van der Waals surface area contributed by atoms with E-state index >= 15 is 0 Å². The van der Waals surface area contributed by atoms with Crippen molar-refractivity contribution in [2.75, 3.05) is 11.4 Å². The van der Waals surface area contributed by atoms with E-state index in [1.54, 1.807) is 12.1 Å². The lowest BCUT2D eigenvalue weighted by molar-refractivity contribution is -0.131. The van der Waals surface area contributed by atoms with Crippen molar-refractivity contribution in [1.29, 1.82) is 0 Å². The fourth-order valence-corrected chi connectivity index (χ4v) is 2.46. The van der Waals surface area contributed by atoms with Gasteiger partial charge in [0, 0.05) is 29.4 Å². The van der Waals surface area contributed by atoms with Crippen LogP contribution in [0.1, 0.15) is 32.3 Å². The van der Waals surface area contributed by atoms with Gasteiger partial charge in [-0.15, -0.1) is 0 Å². The number of anilines is 1. The molecule has 2 rings (SSSR count). The molecule has 1 aliphatic carbocycles. The Labute approximate surface area is 124 Å². The summed E-state index contributed by atoms with van der Waals surface area (Å²) in [5.41, 5.74) is 1.94. The first-order valence-corrected chi connectivity index (χ1v) is 7.32. The Morgan fingerprint density at radius 1 is 1.50 bits per heavy atom. The predicted molar refractivity (Wildman–Crippen MR) is 83.3 cm³/mol. The molecule has 108 valence electrons. The van der Waals surface area contributed by atoms with Gasteiger partial charge in [-0.1, -0.05) is 31.5 Å². The molecule has 1 aliphatic rings. The van der Waals surface area contributed by atoms with E-state index in [0.717, 1.165) is 17.8 Å². The van der Waals surface area contributed by atoms with Crippen LogP contribution in [0.5, 0.6) is 0 Å². The molecule has 4 heteroatoms. The third kappa shape index (κ3) is 4.01. The van der Waals surface area contributed by atoms with Crippen molar-refractivity contribution in [2.45, 2.75) is 32.7 Å². The summed E-state index contributed by atoms with van der Waals surface area (Å²) in [5, 5.41) is 9.48. The van der Waals surface area contributed by atoms with E-state index in [9.17, 15) is 4.79 Å². The second-order valence-electron chi connectivity index (χ2n) is 5.65. The zero-order valence-electron chi connectivity index (χ0n) is 11.8. The van der Waals surface area contributed by atoms with Crippen molar-refractivity contribution in [3.05, 3.63) is 34.9 Å². The number of hydrogen-bond acceptors (Lipinski definition) is 2. The molecule has 1 aromatic rings. The summed E-state index contributed by atoms with van der Waals surface area (Å²) >= 11 is 6.12. The summed E-state index contributed by atoms with van der Waals surface area (Å²) in [6.07, 6.45) is 5.21. The average Bonchev–Trinajstić information content (AvgIpc) is 3.18. The standard InChI is InChI=1S/C16H20ClNO2/c1-11(2)10-18(14-6-7-14)15-9-13(17)5-3-12(15)4-8-16(19)20/h3-5,8-9,11,14H,6-7,10H2,1-2H3,(H,19,20)/b8-4+. The highest BCUT2D eigenvalue weighted by Crippen LogP contribution is 2.36. The fourth-order valence-electron chi connectivity index (χ4n) is 2.29. The molecule has 0 aliphatic heterocycles. The first kappa shape index (κ1) is 14.9. The zero-order valence-corrected chi connectivity index (χ0v) is 12.6. The number of carboxylic acids is 1. The molecule has 0 unspecified atom stereocenters. The van der Waals surface area contributed by atoms with Crippen molar-refractivity contribution in [2.24, 2.45) is 5.92 Å². The third-order valence-electron chi connectivity index (χ3n) is 3.26. The molecular formula is C16H20ClNO2. The van der Waals surface area contributed by atoms with Gasteiger partial charge in [0.15, 0.2) is 0 Å². The van der Waals surface area contributed by atoms with Gasteiger partial charge in [0.2, 0.25) is 0 Å². The van der Waals surface area contributed by atoms with E-state index in [1.807, 2.05) is 12.1 Å². The Bertz CT molecular complexity index is 521. The lowest BCUT2D eigenvalue weighted by Crippen LogP contribution is -2.30. The normalized spacial score (nSPS) is 15.0. The van der Waals surface area contributed by atoms with Crippen LogP contribution >= 0.6 is 11.6 Å². The van der Waals surface area contributed by atoms with E-state index in [-0.39, 0.29) is 0 Å². The van der Waals surface area contributed by atoms with Gasteiger partial charge < -0.3 is 10.0 Å². The van der Waals surface area contributed by atoms with Crippen LogP contribution in [0.3, 0.4) is 0 Å². The Hall–Kier alpha value is -1.48. The second-order valence-corrected chi connectivity index (χ2v) is 6.09. The van der Waals surface area contributed by atoms with Gasteiger partial charge in [-0.25, -0.2) is 4.79 Å². The number of nitrogens with zero attached hydrogens (tertiary/aromatic N) is 1. The molecule has 0 aromatic heterocycles. The van der Waals surface area contributed by atoms with E-state index in [1.165, 1.54) is 18.9 Å². The smallest absolute Gasteiger partial charge is 0.328 e. The summed E-state index contributed by atoms with van der Waals surface area (Å²) in [6.45, 7) is 5.33. The Morgan fingerprint density at radius 3 is 2.75 bits per heavy atom. The molecule has 0 radical (unpaired) electrons. The van der Waals surface area contributed by atoms with Gasteiger partial charge in [-0.2, -0.15) is 0 Å². The number of halogens is 1. The van der Waals surface area contributed by atoms with E-state index in [4.69, 9.17) is 16.7 Å². The maximum atomic E-state index is 10.7. The minimum Gasteiger partial charge on any atom is -0.478 e. The lowest BCUT2D eigenvalue weighted by Gasteiger charge is -2.28. The zero-order chi connectivity index (χ0) is 14.7. The van der Waals surface area contributed by atoms with Crippen LogP contribution < -0.4 is 4.90 Å². The highest BCUT2D eigenvalue weighted by Gasteiger charge is 2.30. The van der Waals surface area contributed by atoms with Crippen LogP contribution in [-0.2, 0) is 4.79 Å². The minimum absolute atomic E-state index is 0.547. The fraction of sp³-hybridized carbons (Fsp3) is 0.438. The molecule has 0 atom stereocenters. The third-order valence-corrected chi connectivity index (χ3v) is 3.49. The quantitative estimate of drug-likeness (QED) is 0.804. The molecule has 20 heavy (non-hydrogen) atoms. The summed E-state index contributed by atoms with van der Waals surface area (Å²) in [4.78, 5) is 13.1. The maximum Gasteiger partial charge on any atom is 0.328 e. The molecule has 0 spiro atoms. The van der Waals surface area contributed by atoms with Crippen LogP contribution in [0.25, 0.3) is 6.08 Å². The Kier molecular flexibility index (Phi) is 4.71. The molecule has 1 fully saturated rings. The molecule has 1 aromatic carbocycles. The summed E-state index contributed by atoms with van der Waals surface area (Å²) in [7, 11) is 0. The van der Waals surface area contributed by atoms with Crippen LogP contribution in [0.15, 0.2) is 24.3 Å². The second kappa shape index (κ2) is 6.31. The highest BCUT2D eigenvalue weighted by molar-refractivity contribution is 6.31. The van der Waals surface area contributed by atoms with Crippen molar-refractivity contribution in [3.8, 4) is 0 Å². The Balaban J connectivity index is 2.35. The van der Waals surface area contributed by atoms with Gasteiger partial charge in [0.25, 0.3) is 0 Å². The summed E-state index contributed by atoms with van der Waals surface area (Å²) in [5.74, 6) is -0.390. The summed E-state index contributed by atoms with van der Waals surface area (Å²) < 4.78 is 0. The first-order chi connectivity index (χ1) is 9.47. The largest absolute Gasteiger partial charge is 0.478 e. The van der Waals surface area contributed by atoms with Crippen molar-refractivity contribution in [3.63, 3.8) is 0 Å². The SMILES string of the molecule is CC(C)CN(c1cc(Cl)ccc1/C=C/C(=O)O)C1CC1. The number of carboxylic acid groups (broad SMARTS) is 1. The molecule has 1 N–H and O–H groups in total. The predicted octanol–water partition coefficient (Wildman–Crippen LogP) is 4.06. The first-order valence-electron chi connectivity index (χ1n) is 6.94. The van der Waals surface area contributed by atoms with Gasteiger partial charge in [-0.05, 0) is 42.5 Å². The molecular weight excluding hydrogens is 274 g/mol. The van der Waals surface area contributed by atoms with Crippen molar-refractivity contribution < 1.29 is 9.90 Å². The topological polar surface area (TPSA) is 40.5 Å². The minimum atomic E-state index is -0.937. The van der Waals surface area contributed by atoms with Gasteiger partial charge in [0.05, 0.1) is 0 Å². The van der Waals surface area contributed by atoms with Crippen LogP contribution in [-0.4, -0.2) is 23.7 Å². The molecule has 0 saturated heterocycles. The van der Waals surface area contributed by atoms with Gasteiger partial charge in [-0.3, -0.25) is 0 Å². The Morgan fingerprint density at radius 2 is 2.20 bits per heavy atom. The van der Waals surface area contributed by atoms with E-state index in [0.29, 0.717) is 17.0 Å².